The number of hydrogen-bond acceptors (Lipinski definition) is 1. The lowest BCUT2D eigenvalue weighted by Crippen LogP contribution is -2.52. The predicted octanol–water partition coefficient (Wildman–Crippen LogP) is 8.18. The maximum absolute atomic E-state index is 3.91. The Balaban J connectivity index is 1.61. The Morgan fingerprint density at radius 2 is 1.90 bits per heavy atom. The molecule has 2 aliphatic carbocycles. The van der Waals surface area contributed by atoms with E-state index in [-0.39, 0.29) is 0 Å². The van der Waals surface area contributed by atoms with E-state index in [1.807, 2.05) is 0 Å². The van der Waals surface area contributed by atoms with Gasteiger partial charge in [-0.05, 0) is 111 Å². The van der Waals surface area contributed by atoms with Gasteiger partial charge in [0.05, 0.1) is 0 Å². The second-order valence-electron chi connectivity index (χ2n) is 12.0. The molecule has 174 valence electrons. The van der Waals surface area contributed by atoms with Crippen LogP contribution in [0.4, 0.5) is 0 Å². The highest BCUT2D eigenvalue weighted by Gasteiger charge is 2.51. The Morgan fingerprint density at radius 1 is 1.13 bits per heavy atom. The summed E-state index contributed by atoms with van der Waals surface area (Å²) in [6.45, 7) is 19.0. The van der Waals surface area contributed by atoms with Gasteiger partial charge in [0.2, 0.25) is 0 Å². The van der Waals surface area contributed by atoms with Crippen LogP contribution in [0.2, 0.25) is 0 Å². The van der Waals surface area contributed by atoms with E-state index >= 15 is 0 Å². The third-order valence-corrected chi connectivity index (χ3v) is 8.72. The predicted molar refractivity (Wildman–Crippen MR) is 137 cm³/mol. The van der Waals surface area contributed by atoms with Crippen LogP contribution in [0.25, 0.3) is 0 Å². The quantitative estimate of drug-likeness (QED) is 0.312. The lowest BCUT2D eigenvalue weighted by Gasteiger charge is -2.56. The van der Waals surface area contributed by atoms with Crippen LogP contribution in [0, 0.1) is 17.3 Å². The summed E-state index contributed by atoms with van der Waals surface area (Å²) < 4.78 is 0. The second-order valence-corrected chi connectivity index (χ2v) is 12.0. The van der Waals surface area contributed by atoms with Gasteiger partial charge in [-0.1, -0.05) is 70.9 Å². The number of rotatable bonds is 9. The van der Waals surface area contributed by atoms with Crippen LogP contribution in [0.15, 0.2) is 29.8 Å². The van der Waals surface area contributed by atoms with Gasteiger partial charge in [0.1, 0.15) is 0 Å². The van der Waals surface area contributed by atoms with Gasteiger partial charge >= 0.3 is 0 Å². The normalized spacial score (nSPS) is 28.7. The smallest absolute Gasteiger partial charge is 0.000814 e. The van der Waals surface area contributed by atoms with Gasteiger partial charge < -0.3 is 5.32 Å². The van der Waals surface area contributed by atoms with Crippen LogP contribution in [0.3, 0.4) is 0 Å². The molecule has 0 spiro atoms. The first-order valence-corrected chi connectivity index (χ1v) is 13.1. The molecule has 1 N–H and O–H groups in total. The molecule has 1 saturated carbocycles. The van der Waals surface area contributed by atoms with Gasteiger partial charge in [-0.15, -0.1) is 0 Å². The zero-order chi connectivity index (χ0) is 22.6. The van der Waals surface area contributed by atoms with Crippen LogP contribution in [0.1, 0.15) is 116 Å². The van der Waals surface area contributed by atoms with Crippen LogP contribution in [-0.2, 0) is 11.8 Å². The summed E-state index contributed by atoms with van der Waals surface area (Å²) in [6.07, 6.45) is 13.0. The number of nitrogens with one attached hydrogen (secondary N) is 1. The van der Waals surface area contributed by atoms with Gasteiger partial charge in [-0.2, -0.15) is 0 Å². The topological polar surface area (TPSA) is 12.0 Å². The van der Waals surface area contributed by atoms with E-state index in [4.69, 9.17) is 0 Å². The molecule has 1 aromatic carbocycles. The molecule has 2 aliphatic rings. The maximum Gasteiger partial charge on any atom is 0.000814 e. The van der Waals surface area contributed by atoms with Crippen molar-refractivity contribution < 1.29 is 0 Å². The molecule has 0 saturated heterocycles. The Hall–Kier alpha value is -1.08. The number of hydrogen-bond donors (Lipinski definition) is 1. The van der Waals surface area contributed by atoms with Crippen molar-refractivity contribution in [3.05, 3.63) is 46.5 Å². The molecule has 0 aliphatic heterocycles. The van der Waals surface area contributed by atoms with Crippen molar-refractivity contribution in [2.75, 3.05) is 13.1 Å². The van der Waals surface area contributed by atoms with Crippen molar-refractivity contribution in [2.24, 2.45) is 17.3 Å². The molecule has 4 atom stereocenters. The molecule has 1 nitrogen and oxygen atoms in total. The number of fused-ring (bicyclic) bond motifs is 3. The first-order chi connectivity index (χ1) is 14.7. The van der Waals surface area contributed by atoms with Crippen LogP contribution in [0.5, 0.6) is 0 Å². The van der Waals surface area contributed by atoms with Crippen molar-refractivity contribution in [3.8, 4) is 0 Å². The van der Waals surface area contributed by atoms with E-state index in [0.29, 0.717) is 16.7 Å². The molecule has 1 aromatic rings. The van der Waals surface area contributed by atoms with Gasteiger partial charge in [0.25, 0.3) is 0 Å². The summed E-state index contributed by atoms with van der Waals surface area (Å²) in [5.41, 5.74) is 7.06. The van der Waals surface area contributed by atoms with Crippen LogP contribution >= 0.6 is 0 Å². The van der Waals surface area contributed by atoms with E-state index < -0.39 is 0 Å². The monoisotopic (exact) mass is 423 g/mol. The average molecular weight is 424 g/mol. The summed E-state index contributed by atoms with van der Waals surface area (Å²) in [7, 11) is 0. The largest absolute Gasteiger partial charge is 0.316 e. The standard InChI is InChI=1S/C30H49N/c1-22(2)10-8-11-24(5)16-19-31-21-29(6)17-9-18-30(7)27-14-12-25(23(3)4)20-26(27)13-15-28(29)30/h10,12,14,20,23-24,28,31H,8-9,11,13,15-19,21H2,1-7H3/t24-,28-,29-,30+/m0/s1. The number of allylic oxidation sites excluding steroid dienone is 2. The van der Waals surface area contributed by atoms with Gasteiger partial charge in [-0.3, -0.25) is 0 Å². The van der Waals surface area contributed by atoms with Gasteiger partial charge in [-0.25, -0.2) is 0 Å². The maximum atomic E-state index is 3.91. The SMILES string of the molecule is CC(C)=CCC[C@H](C)CCNC[C@]1(C)CCC[C@]2(C)c3ccc(C(C)C)cc3CC[C@@H]12. The Kier molecular flexibility index (Phi) is 8.11. The fraction of sp³-hybridized carbons (Fsp3) is 0.733. The molecule has 0 bridgehead atoms. The minimum atomic E-state index is 0.357. The molecule has 31 heavy (non-hydrogen) atoms. The van der Waals surface area contributed by atoms with Crippen molar-refractivity contribution in [2.45, 2.75) is 111 Å². The molecule has 3 rings (SSSR count). The first-order valence-electron chi connectivity index (χ1n) is 13.1. The zero-order valence-electron chi connectivity index (χ0n) is 21.6. The van der Waals surface area contributed by atoms with Crippen molar-refractivity contribution in [1.82, 2.24) is 5.32 Å². The first kappa shape index (κ1) is 24.6. The van der Waals surface area contributed by atoms with Crippen molar-refractivity contribution in [3.63, 3.8) is 0 Å². The third-order valence-electron chi connectivity index (χ3n) is 8.72. The Bertz CT molecular complexity index is 756. The molecule has 0 amide bonds. The average Bonchev–Trinajstić information content (AvgIpc) is 2.70. The van der Waals surface area contributed by atoms with E-state index in [1.54, 1.807) is 11.1 Å². The van der Waals surface area contributed by atoms with Crippen molar-refractivity contribution >= 4 is 0 Å². The molecule has 0 heterocycles. The Labute approximate surface area is 193 Å². The third kappa shape index (κ3) is 5.65. The van der Waals surface area contributed by atoms with Crippen LogP contribution < -0.4 is 5.32 Å². The fourth-order valence-corrected chi connectivity index (χ4v) is 6.74. The van der Waals surface area contributed by atoms with Crippen LogP contribution in [-0.4, -0.2) is 13.1 Å². The van der Waals surface area contributed by atoms with E-state index in [9.17, 15) is 0 Å². The minimum Gasteiger partial charge on any atom is -0.316 e. The highest BCUT2D eigenvalue weighted by atomic mass is 14.9. The highest BCUT2D eigenvalue weighted by molar-refractivity contribution is 5.42. The summed E-state index contributed by atoms with van der Waals surface area (Å²) in [4.78, 5) is 0. The highest BCUT2D eigenvalue weighted by Crippen LogP contribution is 2.57. The minimum absolute atomic E-state index is 0.357. The van der Waals surface area contributed by atoms with Crippen molar-refractivity contribution in [1.29, 1.82) is 0 Å². The second kappa shape index (κ2) is 10.2. The summed E-state index contributed by atoms with van der Waals surface area (Å²) >= 11 is 0. The number of benzene rings is 1. The van der Waals surface area contributed by atoms with E-state index in [1.165, 1.54) is 75.6 Å². The lowest BCUT2D eigenvalue weighted by molar-refractivity contribution is 0.0258. The van der Waals surface area contributed by atoms with E-state index in [0.717, 1.165) is 11.8 Å². The molecule has 1 heteroatoms. The molecule has 0 radical (unpaired) electrons. The van der Waals surface area contributed by atoms with Gasteiger partial charge in [0.15, 0.2) is 0 Å². The molecular formula is C30H49N. The fourth-order valence-electron chi connectivity index (χ4n) is 6.74. The van der Waals surface area contributed by atoms with E-state index in [2.05, 4.69) is 78.1 Å². The molecule has 0 unspecified atom stereocenters. The lowest BCUT2D eigenvalue weighted by atomic mass is 9.49. The molecular weight excluding hydrogens is 374 g/mol. The summed E-state index contributed by atoms with van der Waals surface area (Å²) in [6, 6.07) is 7.45. The molecule has 1 fully saturated rings. The van der Waals surface area contributed by atoms with Gasteiger partial charge in [0, 0.05) is 6.54 Å². The summed E-state index contributed by atoms with van der Waals surface area (Å²) in [5, 5.41) is 3.91. The number of aryl methyl sites for hydroxylation is 1. The summed E-state index contributed by atoms with van der Waals surface area (Å²) in [5.74, 6) is 2.24. The zero-order valence-corrected chi connectivity index (χ0v) is 21.6. The Morgan fingerprint density at radius 3 is 2.61 bits per heavy atom. The molecule has 0 aromatic heterocycles.